The molecule has 0 bridgehead atoms. The van der Waals surface area contributed by atoms with Crippen molar-refractivity contribution in [3.05, 3.63) is 37.6 Å². The minimum Gasteiger partial charge on any atom is -0.388 e. The maximum atomic E-state index is 11.1. The van der Waals surface area contributed by atoms with Crippen LogP contribution in [0.1, 0.15) is 23.6 Å². The molecular formula is C11H13N3O3S2. The van der Waals surface area contributed by atoms with Gasteiger partial charge in [-0.15, -0.1) is 22.7 Å². The summed E-state index contributed by atoms with van der Waals surface area (Å²) < 4.78 is 0. The average Bonchev–Trinajstić information content (AvgIpc) is 2.96. The van der Waals surface area contributed by atoms with Crippen LogP contribution in [0.15, 0.2) is 17.0 Å². The smallest absolute Gasteiger partial charge is 0.304 e. The topological polar surface area (TPSA) is 79.5 Å². The van der Waals surface area contributed by atoms with Crippen molar-refractivity contribution in [3.8, 4) is 0 Å². The number of aliphatic hydroxyl groups is 1. The second-order valence-electron chi connectivity index (χ2n) is 4.11. The van der Waals surface area contributed by atoms with Gasteiger partial charge in [-0.1, -0.05) is 0 Å². The zero-order valence-electron chi connectivity index (χ0n) is 10.4. The Kier molecular flexibility index (Phi) is 4.13. The van der Waals surface area contributed by atoms with Crippen LogP contribution in [0.2, 0.25) is 0 Å². The zero-order valence-corrected chi connectivity index (χ0v) is 12.1. The van der Waals surface area contributed by atoms with Crippen LogP contribution in [-0.2, 0) is 6.54 Å². The highest BCUT2D eigenvalue weighted by molar-refractivity contribution is 7.16. The fourth-order valence-corrected chi connectivity index (χ4v) is 3.20. The summed E-state index contributed by atoms with van der Waals surface area (Å²) in [4.78, 5) is 17.2. The van der Waals surface area contributed by atoms with Crippen LogP contribution < -0.4 is 4.90 Å². The lowest BCUT2D eigenvalue weighted by molar-refractivity contribution is -0.383. The summed E-state index contributed by atoms with van der Waals surface area (Å²) in [6.45, 7) is 2.10. The first-order valence-electron chi connectivity index (χ1n) is 5.53. The van der Waals surface area contributed by atoms with E-state index in [4.69, 9.17) is 0 Å². The number of aromatic nitrogens is 1. The predicted octanol–water partition coefficient (Wildman–Crippen LogP) is 2.80. The van der Waals surface area contributed by atoms with Crippen LogP contribution in [0, 0.1) is 10.1 Å². The predicted molar refractivity (Wildman–Crippen MR) is 75.8 cm³/mol. The Morgan fingerprint density at radius 3 is 2.89 bits per heavy atom. The highest BCUT2D eigenvalue weighted by atomic mass is 32.1. The minimum atomic E-state index is -0.704. The van der Waals surface area contributed by atoms with Gasteiger partial charge >= 0.3 is 5.69 Å². The molecule has 8 heteroatoms. The number of rotatable bonds is 5. The highest BCUT2D eigenvalue weighted by Gasteiger charge is 2.24. The van der Waals surface area contributed by atoms with Gasteiger partial charge in [-0.2, -0.15) is 0 Å². The number of thiophene rings is 1. The maximum absolute atomic E-state index is 11.1. The summed E-state index contributed by atoms with van der Waals surface area (Å²) in [5, 5.41) is 23.0. The molecular weight excluding hydrogens is 286 g/mol. The van der Waals surface area contributed by atoms with Gasteiger partial charge in [0.25, 0.3) is 0 Å². The van der Waals surface area contributed by atoms with Gasteiger partial charge in [0, 0.05) is 23.4 Å². The molecule has 102 valence electrons. The van der Waals surface area contributed by atoms with E-state index in [1.54, 1.807) is 24.4 Å². The molecule has 1 unspecified atom stereocenters. The standard InChI is InChI=1S/C11H13N3O3S2/c1-7(15)10-3-9(14(16)17)11(19-10)13(2)4-8-5-18-6-12-8/h3,5-7,15H,4H2,1-2H3. The molecule has 0 aliphatic carbocycles. The molecule has 1 N–H and O–H groups in total. The molecule has 0 fully saturated rings. The van der Waals surface area contributed by atoms with Crippen LogP contribution in [0.4, 0.5) is 10.7 Å². The fourth-order valence-electron chi connectivity index (χ4n) is 1.63. The van der Waals surface area contributed by atoms with Crippen molar-refractivity contribution in [1.82, 2.24) is 4.98 Å². The monoisotopic (exact) mass is 299 g/mol. The van der Waals surface area contributed by atoms with Gasteiger partial charge in [-0.25, -0.2) is 4.98 Å². The second-order valence-corrected chi connectivity index (χ2v) is 5.89. The van der Waals surface area contributed by atoms with Crippen molar-refractivity contribution in [2.24, 2.45) is 0 Å². The van der Waals surface area contributed by atoms with E-state index in [9.17, 15) is 15.2 Å². The number of aliphatic hydroxyl groups excluding tert-OH is 1. The molecule has 2 rings (SSSR count). The second kappa shape index (κ2) is 5.64. The molecule has 0 spiro atoms. The Hall–Kier alpha value is -1.51. The number of nitro groups is 1. The summed E-state index contributed by atoms with van der Waals surface area (Å²) in [6, 6.07) is 1.43. The van der Waals surface area contributed by atoms with Gasteiger partial charge in [0.1, 0.15) is 0 Å². The first-order chi connectivity index (χ1) is 8.99. The lowest BCUT2D eigenvalue weighted by Gasteiger charge is -2.14. The highest BCUT2D eigenvalue weighted by Crippen LogP contribution is 2.40. The summed E-state index contributed by atoms with van der Waals surface area (Å²) in [7, 11) is 1.78. The maximum Gasteiger partial charge on any atom is 0.304 e. The molecule has 6 nitrogen and oxygen atoms in total. The molecule has 0 aliphatic rings. The van der Waals surface area contributed by atoms with Crippen molar-refractivity contribution >= 4 is 33.4 Å². The van der Waals surface area contributed by atoms with Gasteiger partial charge in [0.15, 0.2) is 5.00 Å². The van der Waals surface area contributed by atoms with Crippen molar-refractivity contribution in [3.63, 3.8) is 0 Å². The molecule has 0 saturated carbocycles. The van der Waals surface area contributed by atoms with Gasteiger partial charge in [-0.3, -0.25) is 10.1 Å². The average molecular weight is 299 g/mol. The molecule has 0 saturated heterocycles. The third-order valence-corrected chi connectivity index (χ3v) is 4.59. The van der Waals surface area contributed by atoms with Crippen molar-refractivity contribution in [2.75, 3.05) is 11.9 Å². The summed E-state index contributed by atoms with van der Waals surface area (Å²) in [5.41, 5.74) is 2.63. The van der Waals surface area contributed by atoms with E-state index in [1.165, 1.54) is 28.7 Å². The van der Waals surface area contributed by atoms with E-state index in [1.807, 2.05) is 5.38 Å². The Morgan fingerprint density at radius 1 is 1.63 bits per heavy atom. The van der Waals surface area contributed by atoms with Gasteiger partial charge in [0.2, 0.25) is 0 Å². The summed E-state index contributed by atoms with van der Waals surface area (Å²) >= 11 is 2.72. The first-order valence-corrected chi connectivity index (χ1v) is 7.29. The van der Waals surface area contributed by atoms with E-state index >= 15 is 0 Å². The third kappa shape index (κ3) is 3.09. The van der Waals surface area contributed by atoms with E-state index in [-0.39, 0.29) is 5.69 Å². The van der Waals surface area contributed by atoms with E-state index in [0.717, 1.165) is 5.69 Å². The van der Waals surface area contributed by atoms with Crippen LogP contribution in [0.25, 0.3) is 0 Å². The molecule has 2 heterocycles. The van der Waals surface area contributed by atoms with Crippen molar-refractivity contribution < 1.29 is 10.0 Å². The number of anilines is 1. The van der Waals surface area contributed by atoms with Gasteiger partial charge in [0.05, 0.1) is 28.8 Å². The fraction of sp³-hybridized carbons (Fsp3) is 0.364. The van der Waals surface area contributed by atoms with E-state index in [2.05, 4.69) is 4.98 Å². The SMILES string of the molecule is CC(O)c1cc([N+](=O)[O-])c(N(C)Cc2cscn2)s1. The quantitative estimate of drug-likeness (QED) is 0.678. The molecule has 2 aromatic rings. The van der Waals surface area contributed by atoms with Crippen LogP contribution in [0.5, 0.6) is 0 Å². The molecule has 0 aliphatic heterocycles. The Morgan fingerprint density at radius 2 is 2.37 bits per heavy atom. The zero-order chi connectivity index (χ0) is 14.0. The third-order valence-electron chi connectivity index (χ3n) is 2.55. The van der Waals surface area contributed by atoms with Crippen molar-refractivity contribution in [1.29, 1.82) is 0 Å². The van der Waals surface area contributed by atoms with Gasteiger partial charge in [-0.05, 0) is 6.92 Å². The number of nitrogens with zero attached hydrogens (tertiary/aromatic N) is 3. The Balaban J connectivity index is 2.29. The van der Waals surface area contributed by atoms with Crippen LogP contribution >= 0.6 is 22.7 Å². The summed E-state index contributed by atoms with van der Waals surface area (Å²) in [6.07, 6.45) is -0.704. The number of hydrogen-bond donors (Lipinski definition) is 1. The number of thiazole rings is 1. The normalized spacial score (nSPS) is 12.4. The van der Waals surface area contributed by atoms with E-state index < -0.39 is 11.0 Å². The molecule has 1 atom stereocenters. The van der Waals surface area contributed by atoms with Crippen molar-refractivity contribution in [2.45, 2.75) is 19.6 Å². The van der Waals surface area contributed by atoms with Crippen LogP contribution in [0.3, 0.4) is 0 Å². The summed E-state index contributed by atoms with van der Waals surface area (Å²) in [5.74, 6) is 0. The lowest BCUT2D eigenvalue weighted by atomic mass is 10.3. The number of hydrogen-bond acceptors (Lipinski definition) is 7. The first kappa shape index (κ1) is 13.9. The Bertz CT molecular complexity index is 566. The van der Waals surface area contributed by atoms with Gasteiger partial charge < -0.3 is 10.0 Å². The van der Waals surface area contributed by atoms with Crippen LogP contribution in [-0.4, -0.2) is 22.1 Å². The molecule has 0 aromatic carbocycles. The largest absolute Gasteiger partial charge is 0.388 e. The molecule has 2 aromatic heterocycles. The molecule has 0 radical (unpaired) electrons. The van der Waals surface area contributed by atoms with E-state index in [0.29, 0.717) is 16.4 Å². The Labute approximate surface area is 118 Å². The molecule has 0 amide bonds. The lowest BCUT2D eigenvalue weighted by Crippen LogP contribution is -2.16. The minimum absolute atomic E-state index is 0.0265. The molecule has 19 heavy (non-hydrogen) atoms.